The quantitative estimate of drug-likeness (QED) is 0.434. The van der Waals surface area contributed by atoms with Gasteiger partial charge in [0, 0.05) is 6.04 Å². The summed E-state index contributed by atoms with van der Waals surface area (Å²) in [4.78, 5) is 0. The zero-order valence-electron chi connectivity index (χ0n) is 10.1. The topological polar surface area (TPSA) is 38.0 Å². The molecule has 0 aromatic carbocycles. The Labute approximate surface area is 98.6 Å². The van der Waals surface area contributed by atoms with Crippen LogP contribution in [0.2, 0.25) is 0 Å². The van der Waals surface area contributed by atoms with E-state index in [1.54, 1.807) is 0 Å². The first-order chi connectivity index (χ1) is 7.81. The van der Waals surface area contributed by atoms with Gasteiger partial charge in [-0.2, -0.15) is 0 Å². The molecular weight excluding hydrogens is 196 g/mol. The van der Waals surface area contributed by atoms with Gasteiger partial charge < -0.3 is 0 Å². The van der Waals surface area contributed by atoms with Gasteiger partial charge >= 0.3 is 0 Å². The Balaban J connectivity index is 1.77. The molecule has 1 unspecified atom stereocenters. The van der Waals surface area contributed by atoms with E-state index >= 15 is 0 Å². The largest absolute Gasteiger partial charge is 0.271 e. The molecule has 0 radical (unpaired) electrons. The van der Waals surface area contributed by atoms with Crippen LogP contribution in [0, 0.1) is 29.6 Å². The fourth-order valence-corrected chi connectivity index (χ4v) is 5.14. The molecule has 16 heavy (non-hydrogen) atoms. The highest BCUT2D eigenvalue weighted by molar-refractivity contribution is 5.02. The van der Waals surface area contributed by atoms with E-state index in [0.29, 0.717) is 6.04 Å². The zero-order chi connectivity index (χ0) is 11.1. The van der Waals surface area contributed by atoms with Crippen LogP contribution in [-0.4, -0.2) is 6.04 Å². The second kappa shape index (κ2) is 4.15. The molecule has 4 aliphatic carbocycles. The van der Waals surface area contributed by atoms with E-state index in [1.165, 1.54) is 32.1 Å². The number of hydrogen-bond donors (Lipinski definition) is 2. The first-order valence-electron chi connectivity index (χ1n) is 6.88. The highest BCUT2D eigenvalue weighted by atomic mass is 15.2. The molecule has 0 heterocycles. The molecule has 0 aromatic heterocycles. The summed E-state index contributed by atoms with van der Waals surface area (Å²) in [6.45, 7) is 3.87. The van der Waals surface area contributed by atoms with Crippen LogP contribution < -0.4 is 11.3 Å². The van der Waals surface area contributed by atoms with E-state index in [9.17, 15) is 0 Å². The van der Waals surface area contributed by atoms with Crippen molar-refractivity contribution >= 4 is 0 Å². The summed E-state index contributed by atoms with van der Waals surface area (Å²) in [7, 11) is 0. The van der Waals surface area contributed by atoms with Crippen LogP contribution in [0.5, 0.6) is 0 Å². The predicted molar refractivity (Wildman–Crippen MR) is 66.5 cm³/mol. The van der Waals surface area contributed by atoms with Crippen molar-refractivity contribution < 1.29 is 0 Å². The molecule has 4 fully saturated rings. The molecule has 4 aliphatic rings. The molecule has 0 aromatic rings. The van der Waals surface area contributed by atoms with E-state index in [0.717, 1.165) is 36.0 Å². The third kappa shape index (κ3) is 1.63. The Hall–Kier alpha value is -0.340. The minimum Gasteiger partial charge on any atom is -0.271 e. The van der Waals surface area contributed by atoms with E-state index in [1.807, 2.05) is 6.08 Å². The van der Waals surface area contributed by atoms with Crippen molar-refractivity contribution in [3.05, 3.63) is 12.7 Å². The molecule has 4 saturated carbocycles. The normalized spacial score (nSPS) is 46.9. The molecule has 4 bridgehead atoms. The van der Waals surface area contributed by atoms with Crippen molar-refractivity contribution in [3.8, 4) is 0 Å². The molecule has 90 valence electrons. The highest BCUT2D eigenvalue weighted by Crippen LogP contribution is 2.57. The standard InChI is InChI=1S/C14H24N2/c1-2-3-13(16-15)14-11-5-9-4-10(7-11)8-12(14)6-9/h2,9-14,16H,1,3-8,15H2. The first kappa shape index (κ1) is 10.8. The lowest BCUT2D eigenvalue weighted by Crippen LogP contribution is -2.54. The maximum absolute atomic E-state index is 5.74. The third-order valence-corrected chi connectivity index (χ3v) is 5.40. The molecular formula is C14H24N2. The highest BCUT2D eigenvalue weighted by Gasteiger charge is 2.49. The van der Waals surface area contributed by atoms with Crippen LogP contribution in [0.4, 0.5) is 0 Å². The second-order valence-corrected chi connectivity index (χ2v) is 6.31. The van der Waals surface area contributed by atoms with E-state index in [-0.39, 0.29) is 0 Å². The molecule has 3 N–H and O–H groups in total. The lowest BCUT2D eigenvalue weighted by molar-refractivity contribution is -0.0514. The summed E-state index contributed by atoms with van der Waals surface area (Å²) in [5, 5.41) is 0. The summed E-state index contributed by atoms with van der Waals surface area (Å²) < 4.78 is 0. The lowest BCUT2D eigenvalue weighted by atomic mass is 9.50. The van der Waals surface area contributed by atoms with Gasteiger partial charge in [-0.25, -0.2) is 0 Å². The molecule has 4 rings (SSSR count). The van der Waals surface area contributed by atoms with Gasteiger partial charge in [-0.1, -0.05) is 6.08 Å². The van der Waals surface area contributed by atoms with Crippen molar-refractivity contribution in [3.63, 3.8) is 0 Å². The summed E-state index contributed by atoms with van der Waals surface area (Å²) in [6.07, 6.45) is 10.5. The van der Waals surface area contributed by atoms with Crippen LogP contribution in [0.3, 0.4) is 0 Å². The summed E-state index contributed by atoms with van der Waals surface area (Å²) in [5.41, 5.74) is 3.06. The Morgan fingerprint density at radius 1 is 1.12 bits per heavy atom. The Kier molecular flexibility index (Phi) is 2.80. The lowest BCUT2D eigenvalue weighted by Gasteiger charge is -2.56. The van der Waals surface area contributed by atoms with Gasteiger partial charge in [0.25, 0.3) is 0 Å². The zero-order valence-corrected chi connectivity index (χ0v) is 10.1. The van der Waals surface area contributed by atoms with Gasteiger partial charge in [-0.3, -0.25) is 11.3 Å². The van der Waals surface area contributed by atoms with Gasteiger partial charge in [-0.05, 0) is 68.1 Å². The monoisotopic (exact) mass is 220 g/mol. The Morgan fingerprint density at radius 2 is 1.69 bits per heavy atom. The van der Waals surface area contributed by atoms with Crippen LogP contribution in [0.25, 0.3) is 0 Å². The van der Waals surface area contributed by atoms with Gasteiger partial charge in [-0.15, -0.1) is 6.58 Å². The average Bonchev–Trinajstić information content (AvgIpc) is 2.26. The van der Waals surface area contributed by atoms with Crippen LogP contribution in [0.1, 0.15) is 38.5 Å². The Morgan fingerprint density at radius 3 is 2.12 bits per heavy atom. The fourth-order valence-electron chi connectivity index (χ4n) is 5.14. The molecule has 0 spiro atoms. The molecule has 0 aliphatic heterocycles. The van der Waals surface area contributed by atoms with Crippen molar-refractivity contribution in [2.45, 2.75) is 44.6 Å². The molecule has 2 heteroatoms. The second-order valence-electron chi connectivity index (χ2n) is 6.31. The summed E-state index contributed by atoms with van der Waals surface area (Å²) >= 11 is 0. The van der Waals surface area contributed by atoms with E-state index in [2.05, 4.69) is 12.0 Å². The average molecular weight is 220 g/mol. The number of nitrogens with two attached hydrogens (primary N) is 1. The van der Waals surface area contributed by atoms with Crippen molar-refractivity contribution in [1.82, 2.24) is 5.43 Å². The maximum Gasteiger partial charge on any atom is 0.0278 e. The number of hydrogen-bond acceptors (Lipinski definition) is 2. The summed E-state index contributed by atoms with van der Waals surface area (Å²) in [6, 6.07) is 0.479. The molecule has 0 saturated heterocycles. The van der Waals surface area contributed by atoms with E-state index in [4.69, 9.17) is 5.84 Å². The first-order valence-corrected chi connectivity index (χ1v) is 6.88. The molecule has 0 amide bonds. The van der Waals surface area contributed by atoms with Crippen molar-refractivity contribution in [2.75, 3.05) is 0 Å². The fraction of sp³-hybridized carbons (Fsp3) is 0.857. The summed E-state index contributed by atoms with van der Waals surface area (Å²) in [5.74, 6) is 10.6. The third-order valence-electron chi connectivity index (χ3n) is 5.40. The van der Waals surface area contributed by atoms with Crippen molar-refractivity contribution in [2.24, 2.45) is 35.4 Å². The van der Waals surface area contributed by atoms with Crippen LogP contribution >= 0.6 is 0 Å². The molecule has 2 nitrogen and oxygen atoms in total. The van der Waals surface area contributed by atoms with Gasteiger partial charge in [0.1, 0.15) is 0 Å². The van der Waals surface area contributed by atoms with Crippen molar-refractivity contribution in [1.29, 1.82) is 0 Å². The SMILES string of the molecule is C=CCC(NN)C1C2CC3CC(C2)CC1C3. The van der Waals surface area contributed by atoms with E-state index < -0.39 is 0 Å². The van der Waals surface area contributed by atoms with Gasteiger partial charge in [0.05, 0.1) is 0 Å². The van der Waals surface area contributed by atoms with Gasteiger partial charge in [0.2, 0.25) is 0 Å². The minimum absolute atomic E-state index is 0.479. The minimum atomic E-state index is 0.479. The molecule has 1 atom stereocenters. The number of hydrazine groups is 1. The maximum atomic E-state index is 5.74. The Bertz CT molecular complexity index is 246. The van der Waals surface area contributed by atoms with Crippen LogP contribution in [0.15, 0.2) is 12.7 Å². The van der Waals surface area contributed by atoms with Crippen LogP contribution in [-0.2, 0) is 0 Å². The number of rotatable bonds is 4. The van der Waals surface area contributed by atoms with Gasteiger partial charge in [0.15, 0.2) is 0 Å². The predicted octanol–water partition coefficient (Wildman–Crippen LogP) is 2.47. The smallest absolute Gasteiger partial charge is 0.0278 e. The number of nitrogens with one attached hydrogen (secondary N) is 1.